The summed E-state index contributed by atoms with van der Waals surface area (Å²) in [5, 5.41) is 0. The van der Waals surface area contributed by atoms with E-state index in [1.165, 1.54) is 0 Å². The number of aromatic nitrogens is 2. The van der Waals surface area contributed by atoms with Gasteiger partial charge in [-0.2, -0.15) is 0 Å². The van der Waals surface area contributed by atoms with Crippen LogP contribution in [0, 0.1) is 0 Å². The highest BCUT2D eigenvalue weighted by Crippen LogP contribution is 2.32. The molecule has 19 heavy (non-hydrogen) atoms. The van der Waals surface area contributed by atoms with E-state index in [4.69, 9.17) is 16.3 Å². The van der Waals surface area contributed by atoms with Gasteiger partial charge >= 0.3 is 0 Å². The fourth-order valence-corrected chi connectivity index (χ4v) is 3.36. The van der Waals surface area contributed by atoms with Gasteiger partial charge in [0.2, 0.25) is 0 Å². The second kappa shape index (κ2) is 5.43. The molecule has 0 N–H and O–H groups in total. The maximum atomic E-state index is 6.07. The topological polar surface area (TPSA) is 27.1 Å². The summed E-state index contributed by atoms with van der Waals surface area (Å²) in [6.07, 6.45) is 2.33. The van der Waals surface area contributed by atoms with Gasteiger partial charge in [-0.05, 0) is 38.0 Å². The summed E-state index contributed by atoms with van der Waals surface area (Å²) < 4.78 is 9.01. The average molecular weight is 344 g/mol. The first kappa shape index (κ1) is 13.4. The third-order valence-electron chi connectivity index (χ3n) is 3.67. The van der Waals surface area contributed by atoms with Crippen LogP contribution < -0.4 is 0 Å². The summed E-state index contributed by atoms with van der Waals surface area (Å²) in [7, 11) is 0. The lowest BCUT2D eigenvalue weighted by Gasteiger charge is -2.29. The highest BCUT2D eigenvalue weighted by molar-refractivity contribution is 9.10. The van der Waals surface area contributed by atoms with Crippen molar-refractivity contribution in [2.24, 2.45) is 0 Å². The van der Waals surface area contributed by atoms with Crippen molar-refractivity contribution in [3.05, 3.63) is 28.5 Å². The molecule has 102 valence electrons. The maximum Gasteiger partial charge on any atom is 0.125 e. The molecular formula is C14H16BrClN2O. The summed E-state index contributed by atoms with van der Waals surface area (Å²) in [5.74, 6) is 1.40. The Hall–Kier alpha value is -0.580. The standard InChI is InChI=1S/C14H16BrClN2O/c1-9-6-11(4-5-19-9)18-13-7-10(15)2-3-12(13)17-14(18)8-16/h2-3,7,9,11H,4-6,8H2,1H3. The minimum absolute atomic E-state index is 0.298. The first-order valence-corrected chi connectivity index (χ1v) is 7.85. The van der Waals surface area contributed by atoms with E-state index in [-0.39, 0.29) is 0 Å². The zero-order chi connectivity index (χ0) is 13.4. The van der Waals surface area contributed by atoms with Gasteiger partial charge in [-0.3, -0.25) is 0 Å². The molecule has 1 aromatic heterocycles. The van der Waals surface area contributed by atoms with Gasteiger partial charge in [0.15, 0.2) is 0 Å². The number of hydrogen-bond donors (Lipinski definition) is 0. The number of fused-ring (bicyclic) bond motifs is 1. The minimum Gasteiger partial charge on any atom is -0.378 e. The highest BCUT2D eigenvalue weighted by atomic mass is 79.9. The van der Waals surface area contributed by atoms with E-state index in [0.29, 0.717) is 18.0 Å². The first-order chi connectivity index (χ1) is 9.19. The van der Waals surface area contributed by atoms with E-state index in [0.717, 1.165) is 40.8 Å². The van der Waals surface area contributed by atoms with E-state index in [9.17, 15) is 0 Å². The van der Waals surface area contributed by atoms with Gasteiger partial charge < -0.3 is 9.30 Å². The number of alkyl halides is 1. The zero-order valence-electron chi connectivity index (χ0n) is 10.8. The molecule has 0 amide bonds. The van der Waals surface area contributed by atoms with Crippen LogP contribution in [0.3, 0.4) is 0 Å². The quantitative estimate of drug-likeness (QED) is 0.761. The molecule has 2 atom stereocenters. The largest absolute Gasteiger partial charge is 0.378 e. The second-order valence-corrected chi connectivity index (χ2v) is 6.21. The van der Waals surface area contributed by atoms with Gasteiger partial charge in [0.25, 0.3) is 0 Å². The van der Waals surface area contributed by atoms with Crippen molar-refractivity contribution in [1.82, 2.24) is 9.55 Å². The van der Waals surface area contributed by atoms with E-state index in [1.54, 1.807) is 0 Å². The Morgan fingerprint density at radius 2 is 2.37 bits per heavy atom. The molecule has 1 aliphatic heterocycles. The Bertz CT molecular complexity index is 598. The third-order valence-corrected chi connectivity index (χ3v) is 4.40. The van der Waals surface area contributed by atoms with Crippen LogP contribution in [0.1, 0.15) is 31.6 Å². The average Bonchev–Trinajstić information content (AvgIpc) is 2.76. The normalized spacial score (nSPS) is 23.9. The molecule has 1 saturated heterocycles. The smallest absolute Gasteiger partial charge is 0.125 e. The fourth-order valence-electron chi connectivity index (χ4n) is 2.83. The van der Waals surface area contributed by atoms with Crippen LogP contribution in [-0.2, 0) is 10.6 Å². The number of rotatable bonds is 2. The van der Waals surface area contributed by atoms with Crippen molar-refractivity contribution in [1.29, 1.82) is 0 Å². The van der Waals surface area contributed by atoms with Crippen molar-refractivity contribution in [3.8, 4) is 0 Å². The van der Waals surface area contributed by atoms with Crippen LogP contribution in [0.15, 0.2) is 22.7 Å². The van der Waals surface area contributed by atoms with Crippen LogP contribution in [0.4, 0.5) is 0 Å². The Balaban J connectivity index is 2.11. The molecule has 1 aromatic carbocycles. The Labute approximate surface area is 126 Å². The molecule has 0 spiro atoms. The Morgan fingerprint density at radius 1 is 1.53 bits per heavy atom. The van der Waals surface area contributed by atoms with Crippen LogP contribution in [0.25, 0.3) is 11.0 Å². The predicted octanol–water partition coefficient (Wildman–Crippen LogP) is 4.28. The van der Waals surface area contributed by atoms with Crippen LogP contribution >= 0.6 is 27.5 Å². The molecule has 0 radical (unpaired) electrons. The molecule has 1 fully saturated rings. The summed E-state index contributed by atoms with van der Waals surface area (Å²) in [6.45, 7) is 2.93. The molecule has 1 aliphatic rings. The molecule has 3 nitrogen and oxygen atoms in total. The molecular weight excluding hydrogens is 328 g/mol. The number of imidazole rings is 1. The lowest BCUT2D eigenvalue weighted by molar-refractivity contribution is 0.00633. The van der Waals surface area contributed by atoms with E-state index >= 15 is 0 Å². The lowest BCUT2D eigenvalue weighted by Crippen LogP contribution is -2.26. The van der Waals surface area contributed by atoms with Gasteiger partial charge in [0.05, 0.1) is 23.0 Å². The second-order valence-electron chi connectivity index (χ2n) is 5.02. The molecule has 3 rings (SSSR count). The number of hydrogen-bond acceptors (Lipinski definition) is 2. The third kappa shape index (κ3) is 2.54. The molecule has 0 bridgehead atoms. The van der Waals surface area contributed by atoms with Gasteiger partial charge in [-0.1, -0.05) is 15.9 Å². The first-order valence-electron chi connectivity index (χ1n) is 6.53. The van der Waals surface area contributed by atoms with Crippen LogP contribution in [-0.4, -0.2) is 22.3 Å². The Morgan fingerprint density at radius 3 is 3.11 bits per heavy atom. The molecule has 2 heterocycles. The van der Waals surface area contributed by atoms with Gasteiger partial charge in [0.1, 0.15) is 5.82 Å². The van der Waals surface area contributed by atoms with Crippen molar-refractivity contribution < 1.29 is 4.74 Å². The number of halogens is 2. The fraction of sp³-hybridized carbons (Fsp3) is 0.500. The van der Waals surface area contributed by atoms with Crippen molar-refractivity contribution in [3.63, 3.8) is 0 Å². The Kier molecular flexibility index (Phi) is 3.83. The maximum absolute atomic E-state index is 6.07. The van der Waals surface area contributed by atoms with E-state index in [2.05, 4.69) is 38.5 Å². The van der Waals surface area contributed by atoms with Gasteiger partial charge in [-0.15, -0.1) is 11.6 Å². The molecule has 5 heteroatoms. The summed E-state index contributed by atoms with van der Waals surface area (Å²) >= 11 is 9.61. The zero-order valence-corrected chi connectivity index (χ0v) is 13.1. The summed E-state index contributed by atoms with van der Waals surface area (Å²) in [6, 6.07) is 6.61. The number of nitrogens with zero attached hydrogens (tertiary/aromatic N) is 2. The molecule has 2 aromatic rings. The number of ether oxygens (including phenoxy) is 1. The minimum atomic E-state index is 0.298. The SMILES string of the molecule is CC1CC(n2c(CCl)nc3ccc(Br)cc32)CCO1. The van der Waals surface area contributed by atoms with Crippen LogP contribution in [0.2, 0.25) is 0 Å². The molecule has 2 unspecified atom stereocenters. The van der Waals surface area contributed by atoms with E-state index < -0.39 is 0 Å². The predicted molar refractivity (Wildman–Crippen MR) is 80.7 cm³/mol. The van der Waals surface area contributed by atoms with Crippen molar-refractivity contribution in [2.75, 3.05) is 6.61 Å². The van der Waals surface area contributed by atoms with Crippen molar-refractivity contribution >= 4 is 38.6 Å². The monoisotopic (exact) mass is 342 g/mol. The summed E-state index contributed by atoms with van der Waals surface area (Å²) in [4.78, 5) is 4.64. The van der Waals surface area contributed by atoms with Crippen LogP contribution in [0.5, 0.6) is 0 Å². The highest BCUT2D eigenvalue weighted by Gasteiger charge is 2.24. The number of benzene rings is 1. The van der Waals surface area contributed by atoms with E-state index in [1.807, 2.05) is 12.1 Å². The van der Waals surface area contributed by atoms with Gasteiger partial charge in [-0.25, -0.2) is 4.98 Å². The lowest BCUT2D eigenvalue weighted by atomic mass is 10.0. The molecule has 0 aliphatic carbocycles. The molecule has 0 saturated carbocycles. The van der Waals surface area contributed by atoms with Crippen molar-refractivity contribution in [2.45, 2.75) is 37.8 Å². The summed E-state index contributed by atoms with van der Waals surface area (Å²) in [5.41, 5.74) is 2.17. The van der Waals surface area contributed by atoms with Gasteiger partial charge in [0, 0.05) is 17.1 Å².